The van der Waals surface area contributed by atoms with Crippen LogP contribution in [0.2, 0.25) is 0 Å². The van der Waals surface area contributed by atoms with E-state index >= 15 is 0 Å². The van der Waals surface area contributed by atoms with Gasteiger partial charge in [-0.3, -0.25) is 0 Å². The summed E-state index contributed by atoms with van der Waals surface area (Å²) in [5.41, 5.74) is 0.647. The fraction of sp³-hybridized carbons (Fsp3) is 1.00. The molecule has 2 aliphatic carbocycles. The van der Waals surface area contributed by atoms with Gasteiger partial charge in [0.05, 0.1) is 0 Å². The first-order valence-electron chi connectivity index (χ1n) is 7.79. The molecule has 0 aromatic rings. The molecule has 0 bridgehead atoms. The maximum Gasteiger partial charge on any atom is 0.389 e. The molecular weight excluding hydrogens is 251 g/mol. The van der Waals surface area contributed by atoms with Crippen molar-refractivity contribution >= 4 is 0 Å². The van der Waals surface area contributed by atoms with Crippen LogP contribution < -0.4 is 5.32 Å². The van der Waals surface area contributed by atoms with Crippen molar-refractivity contribution in [3.05, 3.63) is 0 Å². The molecule has 0 aromatic heterocycles. The number of nitrogens with one attached hydrogen (secondary N) is 1. The molecule has 0 atom stereocenters. The van der Waals surface area contributed by atoms with Gasteiger partial charge in [0, 0.05) is 12.5 Å². The zero-order chi connectivity index (χ0) is 13.8. The Bertz CT molecular complexity index is 259. The number of hydrogen-bond donors (Lipinski definition) is 1. The van der Waals surface area contributed by atoms with Gasteiger partial charge in [0.15, 0.2) is 0 Å². The van der Waals surface area contributed by atoms with Crippen molar-refractivity contribution in [1.29, 1.82) is 0 Å². The van der Waals surface area contributed by atoms with Crippen LogP contribution in [-0.4, -0.2) is 18.8 Å². The van der Waals surface area contributed by atoms with E-state index in [0.29, 0.717) is 17.9 Å². The summed E-state index contributed by atoms with van der Waals surface area (Å²) in [5.74, 6) is 0. The molecule has 2 saturated carbocycles. The Morgan fingerprint density at radius 2 is 1.58 bits per heavy atom. The summed E-state index contributed by atoms with van der Waals surface area (Å²) in [7, 11) is 0. The minimum Gasteiger partial charge on any atom is -0.314 e. The molecule has 0 aromatic carbocycles. The van der Waals surface area contributed by atoms with E-state index in [4.69, 9.17) is 0 Å². The van der Waals surface area contributed by atoms with Gasteiger partial charge >= 0.3 is 6.18 Å². The summed E-state index contributed by atoms with van der Waals surface area (Å²) in [6, 6.07) is 0.553. The molecule has 1 spiro atoms. The smallest absolute Gasteiger partial charge is 0.314 e. The van der Waals surface area contributed by atoms with Crippen molar-refractivity contribution in [3.63, 3.8) is 0 Å². The highest BCUT2D eigenvalue weighted by Crippen LogP contribution is 2.48. The van der Waals surface area contributed by atoms with E-state index < -0.39 is 12.6 Å². The van der Waals surface area contributed by atoms with Crippen LogP contribution >= 0.6 is 0 Å². The van der Waals surface area contributed by atoms with Crippen molar-refractivity contribution in [2.45, 2.75) is 82.8 Å². The van der Waals surface area contributed by atoms with Crippen LogP contribution in [0.25, 0.3) is 0 Å². The fourth-order valence-electron chi connectivity index (χ4n) is 3.82. The van der Waals surface area contributed by atoms with E-state index in [1.54, 1.807) is 0 Å². The molecule has 2 aliphatic rings. The van der Waals surface area contributed by atoms with Gasteiger partial charge in [-0.25, -0.2) is 0 Å². The van der Waals surface area contributed by atoms with E-state index in [1.807, 2.05) is 0 Å². The second kappa shape index (κ2) is 6.47. The van der Waals surface area contributed by atoms with Gasteiger partial charge in [-0.15, -0.1) is 0 Å². The Morgan fingerprint density at radius 1 is 0.947 bits per heavy atom. The lowest BCUT2D eigenvalue weighted by Gasteiger charge is -2.37. The number of unbranched alkanes of at least 4 members (excludes halogenated alkanes) is 1. The highest BCUT2D eigenvalue weighted by Gasteiger charge is 2.37. The highest BCUT2D eigenvalue weighted by molar-refractivity contribution is 4.91. The van der Waals surface area contributed by atoms with Gasteiger partial charge < -0.3 is 5.32 Å². The largest absolute Gasteiger partial charge is 0.389 e. The Labute approximate surface area is 114 Å². The van der Waals surface area contributed by atoms with Crippen molar-refractivity contribution < 1.29 is 13.2 Å². The molecule has 2 fully saturated rings. The summed E-state index contributed by atoms with van der Waals surface area (Å²) < 4.78 is 36.0. The minimum atomic E-state index is -3.99. The molecule has 0 saturated heterocycles. The summed E-state index contributed by atoms with van der Waals surface area (Å²) in [5, 5.41) is 3.45. The summed E-state index contributed by atoms with van der Waals surface area (Å²) >= 11 is 0. The zero-order valence-corrected chi connectivity index (χ0v) is 11.7. The van der Waals surface area contributed by atoms with E-state index in [0.717, 1.165) is 6.54 Å². The standard InChI is InChI=1S/C15H26F3N/c16-15(17,18)9-3-4-12-19-13-5-10-14(11-6-13)7-1-2-8-14/h13,19H,1-12H2. The van der Waals surface area contributed by atoms with E-state index in [-0.39, 0.29) is 6.42 Å². The van der Waals surface area contributed by atoms with Crippen LogP contribution in [-0.2, 0) is 0 Å². The third-order valence-corrected chi connectivity index (χ3v) is 5.03. The third-order valence-electron chi connectivity index (χ3n) is 5.03. The van der Waals surface area contributed by atoms with Gasteiger partial charge in [-0.05, 0) is 63.3 Å². The summed E-state index contributed by atoms with van der Waals surface area (Å²) in [6.07, 6.45) is 6.98. The maximum atomic E-state index is 12.0. The molecule has 0 radical (unpaired) electrons. The highest BCUT2D eigenvalue weighted by atomic mass is 19.4. The van der Waals surface area contributed by atoms with Crippen molar-refractivity contribution in [2.24, 2.45) is 5.41 Å². The van der Waals surface area contributed by atoms with Gasteiger partial charge in [0.1, 0.15) is 0 Å². The van der Waals surface area contributed by atoms with Crippen molar-refractivity contribution in [3.8, 4) is 0 Å². The number of alkyl halides is 3. The number of rotatable bonds is 5. The van der Waals surface area contributed by atoms with E-state index in [2.05, 4.69) is 5.32 Å². The van der Waals surface area contributed by atoms with Gasteiger partial charge in [-0.2, -0.15) is 13.2 Å². The Morgan fingerprint density at radius 3 is 2.16 bits per heavy atom. The van der Waals surface area contributed by atoms with Crippen molar-refractivity contribution in [2.75, 3.05) is 6.54 Å². The molecule has 4 heteroatoms. The van der Waals surface area contributed by atoms with Gasteiger partial charge in [0.2, 0.25) is 0 Å². The molecule has 2 rings (SSSR count). The molecule has 19 heavy (non-hydrogen) atoms. The number of halogens is 3. The average Bonchev–Trinajstić information content (AvgIpc) is 2.79. The fourth-order valence-corrected chi connectivity index (χ4v) is 3.82. The normalized spacial score (nSPS) is 24.2. The van der Waals surface area contributed by atoms with Crippen LogP contribution in [0.3, 0.4) is 0 Å². The predicted octanol–water partition coefficient (Wildman–Crippen LogP) is 4.81. The van der Waals surface area contributed by atoms with Crippen LogP contribution in [0, 0.1) is 5.41 Å². The molecule has 1 N–H and O–H groups in total. The summed E-state index contributed by atoms with van der Waals surface area (Å²) in [6.45, 7) is 0.744. The Balaban J connectivity index is 1.54. The lowest BCUT2D eigenvalue weighted by molar-refractivity contribution is -0.135. The maximum absolute atomic E-state index is 12.0. The second-order valence-electron chi connectivity index (χ2n) is 6.51. The quantitative estimate of drug-likeness (QED) is 0.711. The zero-order valence-electron chi connectivity index (χ0n) is 11.7. The SMILES string of the molecule is FC(F)(F)CCCCNC1CCC2(CCCC2)CC1. The lowest BCUT2D eigenvalue weighted by atomic mass is 9.71. The van der Waals surface area contributed by atoms with Crippen LogP contribution in [0.4, 0.5) is 13.2 Å². The molecule has 1 nitrogen and oxygen atoms in total. The lowest BCUT2D eigenvalue weighted by Crippen LogP contribution is -2.37. The number of hydrogen-bond acceptors (Lipinski definition) is 1. The summed E-state index contributed by atoms with van der Waals surface area (Å²) in [4.78, 5) is 0. The van der Waals surface area contributed by atoms with Gasteiger partial charge in [0.25, 0.3) is 0 Å². The molecule has 112 valence electrons. The molecule has 0 heterocycles. The molecular formula is C15H26F3N. The predicted molar refractivity (Wildman–Crippen MR) is 71.1 cm³/mol. The van der Waals surface area contributed by atoms with Crippen LogP contribution in [0.1, 0.15) is 70.6 Å². The Hall–Kier alpha value is -0.250. The molecule has 0 aliphatic heterocycles. The third kappa shape index (κ3) is 4.97. The van der Waals surface area contributed by atoms with E-state index in [1.165, 1.54) is 51.4 Å². The first-order valence-corrected chi connectivity index (χ1v) is 7.79. The monoisotopic (exact) mass is 277 g/mol. The molecule has 0 unspecified atom stereocenters. The minimum absolute atomic E-state index is 0.257. The first-order chi connectivity index (χ1) is 8.99. The van der Waals surface area contributed by atoms with Crippen LogP contribution in [0.15, 0.2) is 0 Å². The van der Waals surface area contributed by atoms with E-state index in [9.17, 15) is 13.2 Å². The topological polar surface area (TPSA) is 12.0 Å². The first kappa shape index (κ1) is 15.1. The van der Waals surface area contributed by atoms with Gasteiger partial charge in [-0.1, -0.05) is 12.8 Å². The molecule has 0 amide bonds. The second-order valence-corrected chi connectivity index (χ2v) is 6.51. The Kier molecular flexibility index (Phi) is 5.15. The average molecular weight is 277 g/mol. The van der Waals surface area contributed by atoms with Crippen molar-refractivity contribution in [1.82, 2.24) is 5.32 Å². The van der Waals surface area contributed by atoms with Crippen LogP contribution in [0.5, 0.6) is 0 Å².